The number of aromatic amines is 1. The summed E-state index contributed by atoms with van der Waals surface area (Å²) < 4.78 is 26.8. The number of nitrogens with one attached hydrogen (secondary N) is 2. The van der Waals surface area contributed by atoms with Gasteiger partial charge in [0.05, 0.1) is 6.26 Å². The van der Waals surface area contributed by atoms with Crippen molar-refractivity contribution in [3.8, 4) is 0 Å². The Balaban J connectivity index is 2.74. The average Bonchev–Trinajstić information content (AvgIpc) is 2.46. The highest BCUT2D eigenvalue weighted by Crippen LogP contribution is 2.13. The van der Waals surface area contributed by atoms with E-state index in [1.54, 1.807) is 0 Å². The topological polar surface area (TPSA) is 66.9 Å². The van der Waals surface area contributed by atoms with Crippen LogP contribution in [0.25, 0.3) is 0 Å². The van der Waals surface area contributed by atoms with Crippen molar-refractivity contribution in [2.24, 2.45) is 0 Å². The first-order chi connectivity index (χ1) is 7.31. The number of nitrogens with zero attached hydrogens (tertiary/aromatic N) is 1. The summed E-state index contributed by atoms with van der Waals surface area (Å²) in [5, 5.41) is 0. The first kappa shape index (κ1) is 13.4. The van der Waals surface area contributed by atoms with Gasteiger partial charge in [0.1, 0.15) is 0 Å². The van der Waals surface area contributed by atoms with Gasteiger partial charge in [-0.25, -0.2) is 13.1 Å². The lowest BCUT2D eigenvalue weighted by Crippen LogP contribution is -2.26. The lowest BCUT2D eigenvalue weighted by atomic mass is 10.1. The molecule has 1 aromatic rings. The van der Waals surface area contributed by atoms with Crippen LogP contribution in [0, 0.1) is 4.77 Å². The van der Waals surface area contributed by atoms with Gasteiger partial charge in [-0.05, 0) is 18.1 Å². The molecule has 1 rings (SSSR count). The molecule has 7 heteroatoms. The Bertz CT molecular complexity index is 499. The maximum absolute atomic E-state index is 10.9. The van der Waals surface area contributed by atoms with Gasteiger partial charge in [0.15, 0.2) is 4.77 Å². The zero-order valence-electron chi connectivity index (χ0n) is 9.65. The molecule has 0 saturated carbocycles. The van der Waals surface area contributed by atoms with Crippen LogP contribution in [-0.2, 0) is 16.6 Å². The number of aromatic nitrogens is 2. The van der Waals surface area contributed by atoms with E-state index in [0.717, 1.165) is 11.9 Å². The van der Waals surface area contributed by atoms with Crippen LogP contribution in [0.5, 0.6) is 0 Å². The highest BCUT2D eigenvalue weighted by atomic mass is 32.2. The summed E-state index contributed by atoms with van der Waals surface area (Å²) >= 11 is 5.13. The minimum Gasteiger partial charge on any atom is -0.337 e. The van der Waals surface area contributed by atoms with Crippen molar-refractivity contribution in [1.82, 2.24) is 14.3 Å². The van der Waals surface area contributed by atoms with Crippen molar-refractivity contribution in [3.05, 3.63) is 16.7 Å². The van der Waals surface area contributed by atoms with Crippen LogP contribution in [0.15, 0.2) is 6.20 Å². The number of imidazole rings is 1. The summed E-state index contributed by atoms with van der Waals surface area (Å²) in [4.78, 5) is 2.97. The molecule has 0 spiro atoms. The second kappa shape index (κ2) is 5.11. The molecule has 1 heterocycles. The zero-order valence-corrected chi connectivity index (χ0v) is 11.3. The predicted molar refractivity (Wildman–Crippen MR) is 66.6 cm³/mol. The van der Waals surface area contributed by atoms with E-state index < -0.39 is 10.0 Å². The summed E-state index contributed by atoms with van der Waals surface area (Å²) in [5.41, 5.74) is 1.08. The van der Waals surface area contributed by atoms with Gasteiger partial charge in [0.2, 0.25) is 10.0 Å². The normalized spacial score (nSPS) is 12.2. The maximum atomic E-state index is 10.9. The van der Waals surface area contributed by atoms with E-state index in [2.05, 4.69) is 23.6 Å². The van der Waals surface area contributed by atoms with Crippen LogP contribution >= 0.6 is 12.2 Å². The highest BCUT2D eigenvalue weighted by Gasteiger charge is 2.08. The number of sulfonamides is 1. The van der Waals surface area contributed by atoms with E-state index in [1.165, 1.54) is 0 Å². The van der Waals surface area contributed by atoms with Gasteiger partial charge in [-0.1, -0.05) is 13.8 Å². The molecular formula is C9H17N3O2S2. The molecule has 0 fully saturated rings. The third-order valence-corrected chi connectivity index (χ3v) is 3.26. The smallest absolute Gasteiger partial charge is 0.208 e. The van der Waals surface area contributed by atoms with E-state index in [0.29, 0.717) is 23.8 Å². The second-order valence-electron chi connectivity index (χ2n) is 3.99. The van der Waals surface area contributed by atoms with Gasteiger partial charge < -0.3 is 9.55 Å². The van der Waals surface area contributed by atoms with Crippen molar-refractivity contribution in [2.45, 2.75) is 26.3 Å². The quantitative estimate of drug-likeness (QED) is 0.785. The van der Waals surface area contributed by atoms with Crippen LogP contribution in [-0.4, -0.2) is 30.8 Å². The van der Waals surface area contributed by atoms with Crippen molar-refractivity contribution in [3.63, 3.8) is 0 Å². The Morgan fingerprint density at radius 2 is 2.19 bits per heavy atom. The van der Waals surface area contributed by atoms with Crippen LogP contribution in [0.4, 0.5) is 0 Å². The second-order valence-corrected chi connectivity index (χ2v) is 6.21. The molecule has 0 unspecified atom stereocenters. The fourth-order valence-electron chi connectivity index (χ4n) is 1.46. The molecule has 0 atom stereocenters. The van der Waals surface area contributed by atoms with Crippen LogP contribution in [0.3, 0.4) is 0 Å². The summed E-state index contributed by atoms with van der Waals surface area (Å²) in [6.07, 6.45) is 3.01. The standard InChI is InChI=1S/C9H17N3O2S2/c1-7(2)8-6-10-9(15)12(8)5-4-11-16(3,13)14/h6-7,11H,4-5H2,1-3H3,(H,10,15). The first-order valence-electron chi connectivity index (χ1n) is 5.04. The van der Waals surface area contributed by atoms with E-state index >= 15 is 0 Å². The predicted octanol–water partition coefficient (Wildman–Crippen LogP) is 1.22. The summed E-state index contributed by atoms with van der Waals surface area (Å²) in [6.45, 7) is 5.03. The van der Waals surface area contributed by atoms with Crippen molar-refractivity contribution >= 4 is 22.2 Å². The Morgan fingerprint density at radius 3 is 2.69 bits per heavy atom. The van der Waals surface area contributed by atoms with Gasteiger partial charge in [0.25, 0.3) is 0 Å². The van der Waals surface area contributed by atoms with E-state index in [1.807, 2.05) is 10.8 Å². The monoisotopic (exact) mass is 263 g/mol. The lowest BCUT2D eigenvalue weighted by molar-refractivity contribution is 0.571. The Morgan fingerprint density at radius 1 is 1.56 bits per heavy atom. The minimum atomic E-state index is -3.13. The van der Waals surface area contributed by atoms with Gasteiger partial charge in [-0.2, -0.15) is 0 Å². The molecule has 0 saturated heterocycles. The zero-order chi connectivity index (χ0) is 12.3. The largest absolute Gasteiger partial charge is 0.337 e. The molecule has 0 aliphatic carbocycles. The molecule has 2 N–H and O–H groups in total. The van der Waals surface area contributed by atoms with E-state index in [9.17, 15) is 8.42 Å². The van der Waals surface area contributed by atoms with Crippen LogP contribution < -0.4 is 4.72 Å². The number of hydrogen-bond donors (Lipinski definition) is 2. The number of H-pyrrole nitrogens is 1. The average molecular weight is 263 g/mol. The summed E-state index contributed by atoms with van der Waals surface area (Å²) in [7, 11) is -3.13. The molecule has 0 radical (unpaired) electrons. The molecule has 16 heavy (non-hydrogen) atoms. The third-order valence-electron chi connectivity index (χ3n) is 2.19. The fourth-order valence-corrected chi connectivity index (χ4v) is 2.18. The third kappa shape index (κ3) is 3.73. The molecular weight excluding hydrogens is 246 g/mol. The molecule has 0 aromatic carbocycles. The molecule has 5 nitrogen and oxygen atoms in total. The fraction of sp³-hybridized carbons (Fsp3) is 0.667. The van der Waals surface area contributed by atoms with Crippen LogP contribution in [0.2, 0.25) is 0 Å². The molecule has 0 aliphatic heterocycles. The molecule has 92 valence electrons. The molecule has 1 aromatic heterocycles. The number of hydrogen-bond acceptors (Lipinski definition) is 3. The molecule has 0 bridgehead atoms. The molecule has 0 amide bonds. The Hall–Kier alpha value is -0.660. The van der Waals surface area contributed by atoms with E-state index in [4.69, 9.17) is 12.2 Å². The number of rotatable bonds is 5. The SMILES string of the molecule is CC(C)c1c[nH]c(=S)n1CCNS(C)(=O)=O. The van der Waals surface area contributed by atoms with Gasteiger partial charge >= 0.3 is 0 Å². The highest BCUT2D eigenvalue weighted by molar-refractivity contribution is 7.88. The first-order valence-corrected chi connectivity index (χ1v) is 7.34. The van der Waals surface area contributed by atoms with Gasteiger partial charge in [0, 0.05) is 25.0 Å². The van der Waals surface area contributed by atoms with E-state index in [-0.39, 0.29) is 0 Å². The van der Waals surface area contributed by atoms with Gasteiger partial charge in [-0.3, -0.25) is 0 Å². The van der Waals surface area contributed by atoms with Crippen molar-refractivity contribution in [2.75, 3.05) is 12.8 Å². The Kier molecular flexibility index (Phi) is 4.28. The lowest BCUT2D eigenvalue weighted by Gasteiger charge is -2.10. The van der Waals surface area contributed by atoms with Crippen molar-refractivity contribution in [1.29, 1.82) is 0 Å². The summed E-state index contributed by atoms with van der Waals surface area (Å²) in [6, 6.07) is 0. The Labute approximate surface area is 101 Å². The molecule has 0 aliphatic rings. The van der Waals surface area contributed by atoms with Gasteiger partial charge in [-0.15, -0.1) is 0 Å². The summed E-state index contributed by atoms with van der Waals surface area (Å²) in [5.74, 6) is 0.353. The van der Waals surface area contributed by atoms with Crippen molar-refractivity contribution < 1.29 is 8.42 Å². The maximum Gasteiger partial charge on any atom is 0.208 e. The minimum absolute atomic E-state index is 0.352. The van der Waals surface area contributed by atoms with Crippen LogP contribution in [0.1, 0.15) is 25.5 Å².